The fourth-order valence-electron chi connectivity index (χ4n) is 2.47. The van der Waals surface area contributed by atoms with E-state index in [2.05, 4.69) is 52.8 Å². The molecular weight excluding hydrogens is 328 g/mol. The van der Waals surface area contributed by atoms with Crippen LogP contribution in [0.15, 0.2) is 72.1 Å². The lowest BCUT2D eigenvalue weighted by Gasteiger charge is -2.01. The second-order valence-electron chi connectivity index (χ2n) is 5.72. The minimum Gasteiger partial charge on any atom is -0.279 e. The highest BCUT2D eigenvalue weighted by molar-refractivity contribution is 7.21. The van der Waals surface area contributed by atoms with Crippen molar-refractivity contribution in [2.75, 3.05) is 5.43 Å². The Morgan fingerprint density at radius 3 is 2.60 bits per heavy atom. The molecule has 2 aromatic heterocycles. The molecule has 0 radical (unpaired) electrons. The summed E-state index contributed by atoms with van der Waals surface area (Å²) in [5, 5.41) is 5.28. The van der Waals surface area contributed by atoms with Crippen molar-refractivity contribution in [3.05, 3.63) is 78.1 Å². The monoisotopic (exact) mass is 344 g/mol. The number of aromatic nitrogens is 2. The molecular formula is C20H16N4S. The smallest absolute Gasteiger partial charge is 0.124 e. The summed E-state index contributed by atoms with van der Waals surface area (Å²) in [6.45, 7) is 2.10. The number of hydrazone groups is 1. The molecule has 0 fully saturated rings. The number of hydrogen-bond acceptors (Lipinski definition) is 5. The number of aryl methyl sites for hydroxylation is 1. The third-order valence-electron chi connectivity index (χ3n) is 3.79. The molecule has 4 rings (SSSR count). The van der Waals surface area contributed by atoms with Crippen LogP contribution < -0.4 is 5.43 Å². The third-order valence-corrected chi connectivity index (χ3v) is 4.86. The molecule has 5 heteroatoms. The molecule has 0 bridgehead atoms. The number of pyridine rings is 1. The number of rotatable bonds is 4. The first kappa shape index (κ1) is 15.5. The van der Waals surface area contributed by atoms with E-state index in [0.717, 1.165) is 27.3 Å². The van der Waals surface area contributed by atoms with Crippen molar-refractivity contribution >= 4 is 33.5 Å². The van der Waals surface area contributed by atoms with Crippen LogP contribution >= 0.6 is 11.3 Å². The average molecular weight is 344 g/mol. The summed E-state index contributed by atoms with van der Waals surface area (Å²) in [7, 11) is 0. The second kappa shape index (κ2) is 6.83. The molecule has 4 aromatic rings. The van der Waals surface area contributed by atoms with Crippen molar-refractivity contribution in [3.8, 4) is 10.6 Å². The van der Waals surface area contributed by atoms with Gasteiger partial charge in [-0.1, -0.05) is 6.07 Å². The van der Waals surface area contributed by atoms with Gasteiger partial charge in [-0.2, -0.15) is 5.10 Å². The van der Waals surface area contributed by atoms with E-state index in [4.69, 9.17) is 4.98 Å². The van der Waals surface area contributed by atoms with Crippen molar-refractivity contribution in [3.63, 3.8) is 0 Å². The van der Waals surface area contributed by atoms with Crippen molar-refractivity contribution in [1.29, 1.82) is 0 Å². The Bertz CT molecular complexity index is 1020. The molecule has 1 N–H and O–H groups in total. The minimum absolute atomic E-state index is 0.936. The standard InChI is InChI=1S/C20H16N4S/c1-14-2-7-18-19(12-14)25-20(23-18)16-3-5-17(6-4-16)24-22-13-15-8-10-21-11-9-15/h2-13,24H,1H3/b22-13+. The highest BCUT2D eigenvalue weighted by atomic mass is 32.1. The van der Waals surface area contributed by atoms with E-state index in [0.29, 0.717) is 0 Å². The first-order valence-electron chi connectivity index (χ1n) is 7.95. The zero-order valence-corrected chi connectivity index (χ0v) is 14.5. The quantitative estimate of drug-likeness (QED) is 0.413. The van der Waals surface area contributed by atoms with Crippen LogP contribution in [0.3, 0.4) is 0 Å². The van der Waals surface area contributed by atoms with Gasteiger partial charge in [0.1, 0.15) is 5.01 Å². The van der Waals surface area contributed by atoms with E-state index in [9.17, 15) is 0 Å². The third kappa shape index (κ3) is 3.56. The number of hydrogen-bond donors (Lipinski definition) is 1. The van der Waals surface area contributed by atoms with E-state index in [-0.39, 0.29) is 0 Å². The number of benzene rings is 2. The molecule has 0 saturated heterocycles. The molecule has 0 amide bonds. The Hall–Kier alpha value is -3.05. The van der Waals surface area contributed by atoms with Crippen LogP contribution in [0.25, 0.3) is 20.8 Å². The van der Waals surface area contributed by atoms with Gasteiger partial charge in [0.2, 0.25) is 0 Å². The molecule has 25 heavy (non-hydrogen) atoms. The predicted molar refractivity (Wildman–Crippen MR) is 105 cm³/mol. The lowest BCUT2D eigenvalue weighted by molar-refractivity contribution is 1.31. The van der Waals surface area contributed by atoms with Gasteiger partial charge in [-0.15, -0.1) is 11.3 Å². The maximum atomic E-state index is 4.72. The highest BCUT2D eigenvalue weighted by Crippen LogP contribution is 2.31. The Morgan fingerprint density at radius 1 is 1.00 bits per heavy atom. The Balaban J connectivity index is 1.50. The van der Waals surface area contributed by atoms with Crippen LogP contribution in [0.1, 0.15) is 11.1 Å². The molecule has 2 aromatic carbocycles. The van der Waals surface area contributed by atoms with Gasteiger partial charge >= 0.3 is 0 Å². The van der Waals surface area contributed by atoms with Crippen LogP contribution in [-0.2, 0) is 0 Å². The molecule has 0 aliphatic rings. The Labute approximate surface area is 149 Å². The Morgan fingerprint density at radius 2 is 1.80 bits per heavy atom. The van der Waals surface area contributed by atoms with E-state index in [1.807, 2.05) is 24.3 Å². The number of anilines is 1. The first-order valence-corrected chi connectivity index (χ1v) is 8.76. The number of nitrogens with zero attached hydrogens (tertiary/aromatic N) is 3. The molecule has 0 aliphatic carbocycles. The molecule has 2 heterocycles. The summed E-state index contributed by atoms with van der Waals surface area (Å²) < 4.78 is 1.22. The summed E-state index contributed by atoms with van der Waals surface area (Å²) in [5.74, 6) is 0. The van der Waals surface area contributed by atoms with Crippen molar-refractivity contribution < 1.29 is 0 Å². The molecule has 122 valence electrons. The number of nitrogens with one attached hydrogen (secondary N) is 1. The fourth-order valence-corrected chi connectivity index (χ4v) is 3.54. The van der Waals surface area contributed by atoms with Crippen LogP contribution in [-0.4, -0.2) is 16.2 Å². The summed E-state index contributed by atoms with van der Waals surface area (Å²) in [5.41, 5.74) is 8.40. The molecule has 0 spiro atoms. The van der Waals surface area contributed by atoms with Crippen LogP contribution in [0.5, 0.6) is 0 Å². The predicted octanol–water partition coefficient (Wildman–Crippen LogP) is 5.11. The van der Waals surface area contributed by atoms with Crippen molar-refractivity contribution in [2.45, 2.75) is 6.92 Å². The summed E-state index contributed by atoms with van der Waals surface area (Å²) in [4.78, 5) is 8.70. The maximum absolute atomic E-state index is 4.72. The normalized spacial score (nSPS) is 11.2. The van der Waals surface area contributed by atoms with Crippen LogP contribution in [0.4, 0.5) is 5.69 Å². The van der Waals surface area contributed by atoms with Gasteiger partial charge in [0.05, 0.1) is 22.1 Å². The van der Waals surface area contributed by atoms with Gasteiger partial charge in [0, 0.05) is 18.0 Å². The van der Waals surface area contributed by atoms with Gasteiger partial charge in [0.25, 0.3) is 0 Å². The number of fused-ring (bicyclic) bond motifs is 1. The summed E-state index contributed by atoms with van der Waals surface area (Å²) >= 11 is 1.72. The summed E-state index contributed by atoms with van der Waals surface area (Å²) in [6, 6.07) is 18.3. The fraction of sp³-hybridized carbons (Fsp3) is 0.0500. The van der Waals surface area contributed by atoms with E-state index >= 15 is 0 Å². The highest BCUT2D eigenvalue weighted by Gasteiger charge is 2.06. The van der Waals surface area contributed by atoms with E-state index in [1.165, 1.54) is 10.3 Å². The first-order chi connectivity index (χ1) is 12.3. The minimum atomic E-state index is 0.936. The van der Waals surface area contributed by atoms with Gasteiger partial charge < -0.3 is 0 Å². The second-order valence-corrected chi connectivity index (χ2v) is 6.75. The average Bonchev–Trinajstić information content (AvgIpc) is 3.06. The van der Waals surface area contributed by atoms with Gasteiger partial charge in [0.15, 0.2) is 0 Å². The largest absolute Gasteiger partial charge is 0.279 e. The van der Waals surface area contributed by atoms with Crippen LogP contribution in [0.2, 0.25) is 0 Å². The molecule has 0 aliphatic heterocycles. The van der Waals surface area contributed by atoms with Gasteiger partial charge in [-0.25, -0.2) is 4.98 Å². The molecule has 4 nitrogen and oxygen atoms in total. The zero-order valence-electron chi connectivity index (χ0n) is 13.7. The van der Waals surface area contributed by atoms with Gasteiger partial charge in [-0.05, 0) is 66.6 Å². The lowest BCUT2D eigenvalue weighted by Crippen LogP contribution is -1.90. The number of thiazole rings is 1. The molecule has 0 unspecified atom stereocenters. The van der Waals surface area contributed by atoms with Crippen molar-refractivity contribution in [1.82, 2.24) is 9.97 Å². The van der Waals surface area contributed by atoms with Gasteiger partial charge in [-0.3, -0.25) is 10.4 Å². The Kier molecular flexibility index (Phi) is 4.23. The van der Waals surface area contributed by atoms with E-state index in [1.54, 1.807) is 29.9 Å². The van der Waals surface area contributed by atoms with Crippen LogP contribution in [0, 0.1) is 6.92 Å². The van der Waals surface area contributed by atoms with E-state index < -0.39 is 0 Å². The molecule has 0 atom stereocenters. The summed E-state index contributed by atoms with van der Waals surface area (Å²) in [6.07, 6.45) is 5.26. The SMILES string of the molecule is Cc1ccc2nc(-c3ccc(N/N=C/c4ccncc4)cc3)sc2c1. The topological polar surface area (TPSA) is 50.2 Å². The zero-order chi connectivity index (χ0) is 17.1. The molecule has 0 saturated carbocycles. The maximum Gasteiger partial charge on any atom is 0.124 e. The lowest BCUT2D eigenvalue weighted by atomic mass is 10.2. The van der Waals surface area contributed by atoms with Crippen molar-refractivity contribution in [2.24, 2.45) is 5.10 Å².